The molecule has 3 rings (SSSR count). The highest BCUT2D eigenvalue weighted by atomic mass is 127. The Balaban J connectivity index is 2.21. The van der Waals surface area contributed by atoms with Gasteiger partial charge >= 0.3 is 5.97 Å². The molecule has 0 aliphatic rings. The summed E-state index contributed by atoms with van der Waals surface area (Å²) < 4.78 is 12.8. The number of halogens is 1. The second-order valence-electron chi connectivity index (χ2n) is 5.46. The van der Waals surface area contributed by atoms with Crippen LogP contribution in [0, 0.1) is 3.57 Å². The number of carbonyl (C=O) groups is 1. The Kier molecular flexibility index (Phi) is 6.38. The quantitative estimate of drug-likeness (QED) is 0.225. The molecular formula is C19H17IN2O4S. The van der Waals surface area contributed by atoms with E-state index >= 15 is 0 Å². The van der Waals surface area contributed by atoms with E-state index in [1.54, 1.807) is 38.3 Å². The van der Waals surface area contributed by atoms with Crippen LogP contribution in [0.5, 0.6) is 5.75 Å². The number of methoxy groups -OCH3 is 1. The van der Waals surface area contributed by atoms with Crippen molar-refractivity contribution in [2.24, 2.45) is 0 Å². The van der Waals surface area contributed by atoms with Gasteiger partial charge in [-0.15, -0.1) is 0 Å². The Labute approximate surface area is 174 Å². The van der Waals surface area contributed by atoms with Crippen LogP contribution in [0.3, 0.4) is 0 Å². The van der Waals surface area contributed by atoms with Gasteiger partial charge in [-0.1, -0.05) is 23.9 Å². The maximum Gasteiger partial charge on any atom is 0.316 e. The Morgan fingerprint density at radius 3 is 2.78 bits per heavy atom. The van der Waals surface area contributed by atoms with Crippen LogP contribution in [0.15, 0.2) is 52.4 Å². The van der Waals surface area contributed by atoms with Crippen molar-refractivity contribution in [1.82, 2.24) is 9.55 Å². The molecule has 0 saturated heterocycles. The Morgan fingerprint density at radius 1 is 1.26 bits per heavy atom. The Hall–Kier alpha value is -2.07. The lowest BCUT2D eigenvalue weighted by molar-refractivity contribution is -0.139. The lowest BCUT2D eigenvalue weighted by Gasteiger charge is -2.15. The molecule has 140 valence electrons. The molecule has 2 aromatic carbocycles. The van der Waals surface area contributed by atoms with Crippen molar-refractivity contribution in [3.05, 3.63) is 56.4 Å². The molecule has 0 N–H and O–H groups in total. The monoisotopic (exact) mass is 496 g/mol. The summed E-state index contributed by atoms with van der Waals surface area (Å²) in [7, 11) is 1.55. The average Bonchev–Trinajstić information content (AvgIpc) is 2.67. The predicted molar refractivity (Wildman–Crippen MR) is 114 cm³/mol. The van der Waals surface area contributed by atoms with Crippen molar-refractivity contribution in [3.8, 4) is 11.4 Å². The number of thioether (sulfide) groups is 1. The molecule has 0 saturated carbocycles. The third kappa shape index (κ3) is 4.27. The number of esters is 1. The number of hydrogen-bond donors (Lipinski definition) is 0. The SMILES string of the molecule is CCOC(=O)CSc1nc2ccc(I)cc2c(=O)n1-c1ccccc1OC. The first-order chi connectivity index (χ1) is 13.0. The number of carbonyl (C=O) groups excluding carboxylic acids is 1. The first-order valence-electron chi connectivity index (χ1n) is 8.19. The van der Waals surface area contributed by atoms with E-state index in [1.807, 2.05) is 18.2 Å². The van der Waals surface area contributed by atoms with Crippen LogP contribution in [0.2, 0.25) is 0 Å². The van der Waals surface area contributed by atoms with Crippen molar-refractivity contribution in [2.75, 3.05) is 19.5 Å². The molecule has 0 aliphatic carbocycles. The van der Waals surface area contributed by atoms with E-state index in [-0.39, 0.29) is 17.3 Å². The number of para-hydroxylation sites is 2. The van der Waals surface area contributed by atoms with Gasteiger partial charge in [0, 0.05) is 3.57 Å². The highest BCUT2D eigenvalue weighted by Gasteiger charge is 2.17. The molecule has 6 nitrogen and oxygen atoms in total. The molecule has 0 fully saturated rings. The normalized spacial score (nSPS) is 10.8. The summed E-state index contributed by atoms with van der Waals surface area (Å²) in [6.07, 6.45) is 0. The van der Waals surface area contributed by atoms with Crippen molar-refractivity contribution >= 4 is 51.2 Å². The molecule has 0 atom stereocenters. The van der Waals surface area contributed by atoms with Crippen LogP contribution in [0.1, 0.15) is 6.92 Å². The number of fused-ring (bicyclic) bond motifs is 1. The van der Waals surface area contributed by atoms with Crippen LogP contribution in [0.4, 0.5) is 0 Å². The van der Waals surface area contributed by atoms with Crippen LogP contribution in [-0.2, 0) is 9.53 Å². The molecule has 0 spiro atoms. The van der Waals surface area contributed by atoms with Gasteiger partial charge in [0.2, 0.25) is 0 Å². The topological polar surface area (TPSA) is 70.4 Å². The molecule has 0 bridgehead atoms. The zero-order chi connectivity index (χ0) is 19.4. The lowest BCUT2D eigenvalue weighted by Crippen LogP contribution is -2.23. The summed E-state index contributed by atoms with van der Waals surface area (Å²) in [6.45, 7) is 2.06. The number of benzene rings is 2. The number of ether oxygens (including phenoxy) is 2. The molecule has 27 heavy (non-hydrogen) atoms. The summed E-state index contributed by atoms with van der Waals surface area (Å²) in [6, 6.07) is 12.7. The zero-order valence-electron chi connectivity index (χ0n) is 14.8. The third-order valence-electron chi connectivity index (χ3n) is 3.75. The van der Waals surface area contributed by atoms with Gasteiger partial charge in [0.25, 0.3) is 5.56 Å². The Bertz CT molecular complexity index is 1050. The first-order valence-corrected chi connectivity index (χ1v) is 10.3. The number of aromatic nitrogens is 2. The average molecular weight is 496 g/mol. The van der Waals surface area contributed by atoms with Gasteiger partial charge in [-0.25, -0.2) is 4.98 Å². The Morgan fingerprint density at radius 2 is 2.04 bits per heavy atom. The lowest BCUT2D eigenvalue weighted by atomic mass is 10.2. The molecule has 3 aromatic rings. The van der Waals surface area contributed by atoms with Gasteiger partial charge in [0.15, 0.2) is 5.16 Å². The summed E-state index contributed by atoms with van der Waals surface area (Å²) >= 11 is 3.32. The van der Waals surface area contributed by atoms with E-state index < -0.39 is 0 Å². The zero-order valence-corrected chi connectivity index (χ0v) is 17.7. The largest absolute Gasteiger partial charge is 0.495 e. The number of hydrogen-bond acceptors (Lipinski definition) is 6. The van der Waals surface area contributed by atoms with E-state index in [2.05, 4.69) is 27.6 Å². The van der Waals surface area contributed by atoms with Crippen LogP contribution in [0.25, 0.3) is 16.6 Å². The van der Waals surface area contributed by atoms with E-state index in [0.717, 1.165) is 15.3 Å². The summed E-state index contributed by atoms with van der Waals surface area (Å²) in [4.78, 5) is 29.7. The van der Waals surface area contributed by atoms with Crippen LogP contribution < -0.4 is 10.3 Å². The minimum Gasteiger partial charge on any atom is -0.495 e. The second kappa shape index (κ2) is 8.75. The fourth-order valence-corrected chi connectivity index (χ4v) is 3.88. The summed E-state index contributed by atoms with van der Waals surface area (Å²) in [5.74, 6) is 0.251. The van der Waals surface area contributed by atoms with E-state index in [1.165, 1.54) is 4.57 Å². The van der Waals surface area contributed by atoms with Gasteiger partial charge in [0.1, 0.15) is 5.75 Å². The standard InChI is InChI=1S/C19H17IN2O4S/c1-3-26-17(23)11-27-19-21-14-9-8-12(20)10-13(14)18(24)22(19)15-6-4-5-7-16(15)25-2/h4-10H,3,11H2,1-2H3. The smallest absolute Gasteiger partial charge is 0.316 e. The van der Waals surface area contributed by atoms with Crippen LogP contribution >= 0.6 is 34.4 Å². The number of nitrogens with zero attached hydrogens (tertiary/aromatic N) is 2. The highest BCUT2D eigenvalue weighted by Crippen LogP contribution is 2.27. The van der Waals surface area contributed by atoms with E-state index in [9.17, 15) is 9.59 Å². The molecular weight excluding hydrogens is 479 g/mol. The van der Waals surface area contributed by atoms with Crippen molar-refractivity contribution < 1.29 is 14.3 Å². The van der Waals surface area contributed by atoms with E-state index in [0.29, 0.717) is 34.1 Å². The van der Waals surface area contributed by atoms with Crippen molar-refractivity contribution in [1.29, 1.82) is 0 Å². The molecule has 1 aromatic heterocycles. The third-order valence-corrected chi connectivity index (χ3v) is 5.33. The van der Waals surface area contributed by atoms with Gasteiger partial charge in [-0.2, -0.15) is 0 Å². The van der Waals surface area contributed by atoms with Crippen molar-refractivity contribution in [3.63, 3.8) is 0 Å². The van der Waals surface area contributed by atoms with Gasteiger partial charge in [0.05, 0.1) is 36.1 Å². The molecule has 0 radical (unpaired) electrons. The van der Waals surface area contributed by atoms with Gasteiger partial charge < -0.3 is 9.47 Å². The van der Waals surface area contributed by atoms with E-state index in [4.69, 9.17) is 9.47 Å². The fourth-order valence-electron chi connectivity index (χ4n) is 2.59. The molecule has 0 unspecified atom stereocenters. The highest BCUT2D eigenvalue weighted by molar-refractivity contribution is 14.1. The van der Waals surface area contributed by atoms with Gasteiger partial charge in [-0.05, 0) is 59.8 Å². The minimum absolute atomic E-state index is 0.0608. The maximum atomic E-state index is 13.3. The predicted octanol–water partition coefficient (Wildman–Crippen LogP) is 3.65. The van der Waals surface area contributed by atoms with Crippen LogP contribution in [-0.4, -0.2) is 35.0 Å². The molecule has 0 amide bonds. The first kappa shape index (κ1) is 19.7. The van der Waals surface area contributed by atoms with Gasteiger partial charge in [-0.3, -0.25) is 14.2 Å². The summed E-state index contributed by atoms with van der Waals surface area (Å²) in [5, 5.41) is 0.916. The maximum absolute atomic E-state index is 13.3. The second-order valence-corrected chi connectivity index (χ2v) is 7.65. The fraction of sp³-hybridized carbons (Fsp3) is 0.211. The molecule has 0 aliphatic heterocycles. The number of rotatable bonds is 6. The minimum atomic E-state index is -0.356. The molecule has 8 heteroatoms. The summed E-state index contributed by atoms with van der Waals surface area (Å²) in [5.41, 5.74) is 0.942. The molecule has 1 heterocycles. The van der Waals surface area contributed by atoms with Crippen molar-refractivity contribution in [2.45, 2.75) is 12.1 Å².